The Morgan fingerprint density at radius 3 is 1.63 bits per heavy atom. The van der Waals surface area contributed by atoms with Crippen molar-refractivity contribution in [2.24, 2.45) is 5.73 Å². The zero-order chi connectivity index (χ0) is 32.4. The van der Waals surface area contributed by atoms with E-state index >= 15 is 0 Å². The number of amides is 3. The van der Waals surface area contributed by atoms with Crippen LogP contribution in [-0.2, 0) is 33.0 Å². The van der Waals surface area contributed by atoms with E-state index in [-0.39, 0.29) is 58.4 Å². The first-order valence-electron chi connectivity index (χ1n) is 15.4. The molecule has 0 aromatic heterocycles. The first kappa shape index (κ1) is 41.6. The molecule has 43 heavy (non-hydrogen) atoms. The van der Waals surface area contributed by atoms with Gasteiger partial charge in [0.15, 0.2) is 0 Å². The van der Waals surface area contributed by atoms with E-state index in [9.17, 15) is 33.3 Å². The molecule has 1 unspecified atom stereocenters. The largest absolute Gasteiger partial charge is 0.377 e. The van der Waals surface area contributed by atoms with Crippen molar-refractivity contribution in [2.45, 2.75) is 115 Å². The molecule has 0 aromatic rings. The van der Waals surface area contributed by atoms with Gasteiger partial charge in [0.2, 0.25) is 17.7 Å². The number of carbonyl (C=O) groups is 3. The van der Waals surface area contributed by atoms with Gasteiger partial charge in [0, 0.05) is 25.5 Å². The Kier molecular flexibility index (Phi) is 25.1. The number of rotatable bonds is 30. The Labute approximate surface area is 255 Å². The highest BCUT2D eigenvalue weighted by Crippen LogP contribution is 2.42. The van der Waals surface area contributed by atoms with Crippen molar-refractivity contribution >= 4 is 32.9 Å². The molecule has 14 nitrogen and oxygen atoms in total. The van der Waals surface area contributed by atoms with Gasteiger partial charge in [0.05, 0.1) is 19.8 Å². The van der Waals surface area contributed by atoms with Crippen molar-refractivity contribution in [2.75, 3.05) is 39.1 Å². The zero-order valence-electron chi connectivity index (χ0n) is 25.5. The number of unbranched alkanes of at least 4 members (excludes halogenated alkanes) is 13. The van der Waals surface area contributed by atoms with E-state index in [1.807, 2.05) is 0 Å². The zero-order valence-corrected chi connectivity index (χ0v) is 27.2. The Hall–Kier alpha value is -1.37. The maximum Gasteiger partial charge on any atom is 0.347 e. The first-order chi connectivity index (χ1) is 20.3. The van der Waals surface area contributed by atoms with Crippen molar-refractivity contribution in [3.05, 3.63) is 0 Å². The van der Waals surface area contributed by atoms with Crippen LogP contribution in [-0.4, -0.2) is 82.2 Å². The van der Waals surface area contributed by atoms with Crippen LogP contribution in [0.3, 0.4) is 0 Å². The van der Waals surface area contributed by atoms with Crippen LogP contribution in [0.4, 0.5) is 0 Å². The summed E-state index contributed by atoms with van der Waals surface area (Å²) in [6.07, 6.45) is 14.0. The Balaban J connectivity index is 3.78. The molecule has 0 heterocycles. The number of carbonyl (C=O) groups excluding carboxylic acids is 3. The molecule has 3 amide bonds. The third-order valence-electron chi connectivity index (χ3n) is 6.67. The minimum atomic E-state index is -4.63. The molecular weight excluding hydrogens is 604 g/mol. The second-order valence-electron chi connectivity index (χ2n) is 10.8. The van der Waals surface area contributed by atoms with Crippen LogP contribution in [0.1, 0.15) is 109 Å². The minimum Gasteiger partial charge on any atom is -0.377 e. The molecule has 8 N–H and O–H groups in total. The molecule has 0 radical (unpaired) electrons. The summed E-state index contributed by atoms with van der Waals surface area (Å²) >= 11 is 0. The predicted octanol–water partition coefficient (Wildman–Crippen LogP) is 3.05. The molecule has 0 aliphatic carbocycles. The van der Waals surface area contributed by atoms with Gasteiger partial charge in [-0.05, 0) is 19.3 Å². The van der Waals surface area contributed by atoms with Gasteiger partial charge >= 0.3 is 15.2 Å². The maximum absolute atomic E-state index is 12.2. The van der Waals surface area contributed by atoms with Gasteiger partial charge in [-0.2, -0.15) is 0 Å². The molecule has 0 saturated heterocycles. The number of ether oxygens (including phenoxy) is 2. The summed E-state index contributed by atoms with van der Waals surface area (Å²) in [4.78, 5) is 71.6. The number of nitrogens with two attached hydrogens (primary N) is 1. The monoisotopic (exact) mass is 659 g/mol. The van der Waals surface area contributed by atoms with Crippen molar-refractivity contribution in [1.29, 1.82) is 0 Å². The van der Waals surface area contributed by atoms with E-state index < -0.39 is 38.7 Å². The van der Waals surface area contributed by atoms with Crippen LogP contribution < -0.4 is 16.4 Å². The molecule has 0 fully saturated rings. The minimum absolute atomic E-state index is 0.0148. The van der Waals surface area contributed by atoms with Crippen molar-refractivity contribution in [1.82, 2.24) is 10.6 Å². The summed E-state index contributed by atoms with van der Waals surface area (Å²) in [5.41, 5.74) is 4.93. The first-order valence-corrected chi connectivity index (χ1v) is 18.9. The Morgan fingerprint density at radius 2 is 1.14 bits per heavy atom. The number of hydrogen-bond donors (Lipinski definition) is 7. The highest BCUT2D eigenvalue weighted by atomic mass is 31.2. The maximum atomic E-state index is 12.2. The molecule has 254 valence electrons. The summed E-state index contributed by atoms with van der Waals surface area (Å²) in [5.74, 6) is -2.86. The molecular formula is C27H55N3O11P2. The van der Waals surface area contributed by atoms with Crippen LogP contribution in [0.15, 0.2) is 0 Å². The van der Waals surface area contributed by atoms with Crippen molar-refractivity contribution in [3.63, 3.8) is 0 Å². The summed E-state index contributed by atoms with van der Waals surface area (Å²) < 4.78 is 32.7. The fourth-order valence-corrected chi connectivity index (χ4v) is 5.73. The third-order valence-corrected chi connectivity index (χ3v) is 8.76. The lowest BCUT2D eigenvalue weighted by Crippen LogP contribution is -2.36. The molecule has 16 heteroatoms. The van der Waals surface area contributed by atoms with E-state index in [4.69, 9.17) is 25.0 Å². The van der Waals surface area contributed by atoms with Crippen molar-refractivity contribution < 1.29 is 52.6 Å². The van der Waals surface area contributed by atoms with Crippen LogP contribution >= 0.6 is 15.2 Å². The molecule has 1 atom stereocenters. The number of primary amides is 1. The number of nitrogens with one attached hydrogen (secondary N) is 2. The van der Waals surface area contributed by atoms with E-state index in [1.165, 1.54) is 25.7 Å². The quantitative estimate of drug-likeness (QED) is 0.0437. The standard InChI is InChI=1S/C27H55N3O11P2/c28-24(31)23-41-21-20-40-19-18-29-25(32)16-17-27(43(37,38)39)30-26(33)15-13-11-9-7-5-3-1-2-4-6-8-10-12-14-22-42(34,35)36/h27H,1-23H2,(H2,28,31)(H,29,32)(H,30,33)(H2,34,35,36)(H2,37,38,39). The van der Waals surface area contributed by atoms with Gasteiger partial charge in [-0.1, -0.05) is 77.0 Å². The van der Waals surface area contributed by atoms with E-state index in [2.05, 4.69) is 10.6 Å². The summed E-state index contributed by atoms with van der Waals surface area (Å²) in [7, 11) is -8.48. The second kappa shape index (κ2) is 25.9. The van der Waals surface area contributed by atoms with Crippen LogP contribution in [0, 0.1) is 0 Å². The summed E-state index contributed by atoms with van der Waals surface area (Å²) in [5, 5.41) is 4.96. The van der Waals surface area contributed by atoms with Crippen molar-refractivity contribution in [3.8, 4) is 0 Å². The second-order valence-corrected chi connectivity index (χ2v) is 14.4. The molecule has 0 aliphatic heterocycles. The average Bonchev–Trinajstić information content (AvgIpc) is 2.90. The van der Waals surface area contributed by atoms with Gasteiger partial charge in [-0.25, -0.2) is 0 Å². The lowest BCUT2D eigenvalue weighted by molar-refractivity contribution is -0.123. The van der Waals surface area contributed by atoms with Crippen LogP contribution in [0.2, 0.25) is 0 Å². The predicted molar refractivity (Wildman–Crippen MR) is 163 cm³/mol. The Morgan fingerprint density at radius 1 is 0.651 bits per heavy atom. The van der Waals surface area contributed by atoms with Gasteiger partial charge in [0.1, 0.15) is 12.4 Å². The Bertz CT molecular complexity index is 852. The highest BCUT2D eigenvalue weighted by Gasteiger charge is 2.30. The molecule has 0 aromatic carbocycles. The lowest BCUT2D eigenvalue weighted by Gasteiger charge is -2.19. The molecule has 0 saturated carbocycles. The van der Waals surface area contributed by atoms with E-state index in [0.29, 0.717) is 12.8 Å². The van der Waals surface area contributed by atoms with Crippen LogP contribution in [0.5, 0.6) is 0 Å². The molecule has 0 aliphatic rings. The highest BCUT2D eigenvalue weighted by molar-refractivity contribution is 7.52. The lowest BCUT2D eigenvalue weighted by atomic mass is 10.0. The smallest absolute Gasteiger partial charge is 0.347 e. The molecule has 0 bridgehead atoms. The van der Waals surface area contributed by atoms with Gasteiger partial charge in [-0.3, -0.25) is 23.5 Å². The fourth-order valence-electron chi connectivity index (χ4n) is 4.32. The van der Waals surface area contributed by atoms with Crippen LogP contribution in [0.25, 0.3) is 0 Å². The van der Waals surface area contributed by atoms with E-state index in [0.717, 1.165) is 51.4 Å². The van der Waals surface area contributed by atoms with Gasteiger partial charge < -0.3 is 45.4 Å². The normalized spacial score (nSPS) is 12.7. The summed E-state index contributed by atoms with van der Waals surface area (Å²) in [6, 6.07) is 0. The van der Waals surface area contributed by atoms with Gasteiger partial charge in [0.25, 0.3) is 0 Å². The third kappa shape index (κ3) is 30.4. The van der Waals surface area contributed by atoms with E-state index in [1.54, 1.807) is 0 Å². The molecule has 0 rings (SSSR count). The fraction of sp³-hybridized carbons (Fsp3) is 0.889. The number of hydrogen-bond acceptors (Lipinski definition) is 7. The molecule has 0 spiro atoms. The average molecular weight is 660 g/mol. The SMILES string of the molecule is NC(=O)COCCOCCNC(=O)CCC(NC(=O)CCCCCCCCCCCCCCCCP(=O)(O)O)P(=O)(O)O. The van der Waals surface area contributed by atoms with Gasteiger partial charge in [-0.15, -0.1) is 0 Å². The topological polar surface area (TPSA) is 235 Å². The summed E-state index contributed by atoms with van der Waals surface area (Å²) in [6.45, 7) is 0.582.